The number of amides is 1. The van der Waals surface area contributed by atoms with Gasteiger partial charge in [-0.05, 0) is 11.6 Å². The Bertz CT molecular complexity index is 537. The van der Waals surface area contributed by atoms with Gasteiger partial charge in [0.1, 0.15) is 5.75 Å². The number of rotatable bonds is 5. The van der Waals surface area contributed by atoms with Crippen LogP contribution in [0.25, 0.3) is 11.1 Å². The second kappa shape index (κ2) is 6.59. The molecule has 1 N–H and O–H groups in total. The van der Waals surface area contributed by atoms with Crippen LogP contribution >= 0.6 is 0 Å². The van der Waals surface area contributed by atoms with E-state index in [1.54, 1.807) is 0 Å². The standard InChI is InChI=1S/C16H16NO2/c1-17-16(18)11-12-19-15-10-6-5-9-14(15)13-7-3-2-4-8-13/h2-10H,1,11-12H2,(H,17,18). The van der Waals surface area contributed by atoms with E-state index in [0.717, 1.165) is 16.9 Å². The average Bonchev–Trinajstić information content (AvgIpc) is 2.48. The van der Waals surface area contributed by atoms with Gasteiger partial charge in [0, 0.05) is 12.6 Å². The summed E-state index contributed by atoms with van der Waals surface area (Å²) in [6.07, 6.45) is 0.298. The van der Waals surface area contributed by atoms with E-state index in [9.17, 15) is 4.79 Å². The van der Waals surface area contributed by atoms with Gasteiger partial charge in [0.05, 0.1) is 13.0 Å². The van der Waals surface area contributed by atoms with Crippen LogP contribution in [-0.4, -0.2) is 12.5 Å². The first-order chi connectivity index (χ1) is 9.31. The Morgan fingerprint density at radius 3 is 2.47 bits per heavy atom. The first-order valence-electron chi connectivity index (χ1n) is 6.14. The minimum atomic E-state index is -0.128. The molecule has 0 saturated heterocycles. The van der Waals surface area contributed by atoms with Crippen molar-refractivity contribution in [3.8, 4) is 16.9 Å². The van der Waals surface area contributed by atoms with Crippen LogP contribution in [0.2, 0.25) is 0 Å². The second-order valence-corrected chi connectivity index (χ2v) is 4.06. The van der Waals surface area contributed by atoms with E-state index in [1.165, 1.54) is 0 Å². The molecule has 1 radical (unpaired) electrons. The zero-order chi connectivity index (χ0) is 13.5. The molecule has 0 fully saturated rings. The van der Waals surface area contributed by atoms with Crippen molar-refractivity contribution in [1.82, 2.24) is 5.32 Å². The van der Waals surface area contributed by atoms with Crippen molar-refractivity contribution in [2.75, 3.05) is 6.61 Å². The summed E-state index contributed by atoms with van der Waals surface area (Å²) in [7, 11) is 3.32. The predicted molar refractivity (Wildman–Crippen MR) is 75.5 cm³/mol. The van der Waals surface area contributed by atoms with Gasteiger partial charge in [0.25, 0.3) is 0 Å². The number of hydrogen-bond acceptors (Lipinski definition) is 2. The number of benzene rings is 2. The van der Waals surface area contributed by atoms with Crippen molar-refractivity contribution in [3.05, 3.63) is 61.6 Å². The SMILES string of the molecule is [CH2]NC(=O)CCOc1ccccc1-c1ccccc1. The van der Waals surface area contributed by atoms with Crippen LogP contribution < -0.4 is 10.1 Å². The van der Waals surface area contributed by atoms with Crippen LogP contribution in [0.5, 0.6) is 5.75 Å². The number of carbonyl (C=O) groups excluding carboxylic acids is 1. The Kier molecular flexibility index (Phi) is 4.56. The summed E-state index contributed by atoms with van der Waals surface area (Å²) in [5.74, 6) is 0.655. The van der Waals surface area contributed by atoms with E-state index < -0.39 is 0 Å². The third-order valence-electron chi connectivity index (χ3n) is 2.76. The largest absolute Gasteiger partial charge is 0.492 e. The lowest BCUT2D eigenvalue weighted by molar-refractivity contribution is -0.120. The molecule has 0 unspecified atom stereocenters. The summed E-state index contributed by atoms with van der Waals surface area (Å²) in [6, 6.07) is 17.8. The van der Waals surface area contributed by atoms with Crippen molar-refractivity contribution in [1.29, 1.82) is 0 Å². The van der Waals surface area contributed by atoms with Crippen LogP contribution in [0.3, 0.4) is 0 Å². The molecule has 1 amide bonds. The highest BCUT2D eigenvalue weighted by molar-refractivity contribution is 5.76. The molecule has 0 saturated carbocycles. The summed E-state index contributed by atoms with van der Waals surface area (Å²) in [4.78, 5) is 11.1. The number of carbonyl (C=O) groups is 1. The lowest BCUT2D eigenvalue weighted by Crippen LogP contribution is -2.18. The molecule has 3 heteroatoms. The van der Waals surface area contributed by atoms with E-state index in [1.807, 2.05) is 54.6 Å². The molecule has 0 heterocycles. The fraction of sp³-hybridized carbons (Fsp3) is 0.125. The Balaban J connectivity index is 2.11. The predicted octanol–water partition coefficient (Wildman–Crippen LogP) is 3.03. The van der Waals surface area contributed by atoms with Crippen LogP contribution in [-0.2, 0) is 4.79 Å². The van der Waals surface area contributed by atoms with Gasteiger partial charge in [0.15, 0.2) is 0 Å². The molecule has 19 heavy (non-hydrogen) atoms. The lowest BCUT2D eigenvalue weighted by Gasteiger charge is -2.11. The summed E-state index contributed by atoms with van der Waals surface area (Å²) in [5.41, 5.74) is 2.12. The minimum Gasteiger partial charge on any atom is -0.492 e. The van der Waals surface area contributed by atoms with Crippen LogP contribution in [0.4, 0.5) is 0 Å². The monoisotopic (exact) mass is 254 g/mol. The molecule has 2 rings (SSSR count). The number of ether oxygens (including phenoxy) is 1. The molecule has 0 atom stereocenters. The first kappa shape index (κ1) is 13.1. The van der Waals surface area contributed by atoms with Gasteiger partial charge in [0.2, 0.25) is 5.91 Å². The second-order valence-electron chi connectivity index (χ2n) is 4.06. The Labute approximate surface area is 113 Å². The summed E-state index contributed by atoms with van der Waals surface area (Å²) < 4.78 is 5.68. The van der Waals surface area contributed by atoms with Gasteiger partial charge < -0.3 is 10.1 Å². The molecule has 97 valence electrons. The van der Waals surface area contributed by atoms with Crippen molar-refractivity contribution < 1.29 is 9.53 Å². The highest BCUT2D eigenvalue weighted by atomic mass is 16.5. The fourth-order valence-corrected chi connectivity index (χ4v) is 1.79. The average molecular weight is 254 g/mol. The highest BCUT2D eigenvalue weighted by Crippen LogP contribution is 2.29. The minimum absolute atomic E-state index is 0.128. The normalized spacial score (nSPS) is 9.95. The van der Waals surface area contributed by atoms with Gasteiger partial charge >= 0.3 is 0 Å². The molecular formula is C16H16NO2. The molecule has 0 aliphatic carbocycles. The smallest absolute Gasteiger partial charge is 0.223 e. The zero-order valence-corrected chi connectivity index (χ0v) is 10.6. The molecule has 0 aliphatic rings. The molecule has 0 bridgehead atoms. The maximum atomic E-state index is 11.1. The fourth-order valence-electron chi connectivity index (χ4n) is 1.79. The third kappa shape index (κ3) is 3.58. The van der Waals surface area contributed by atoms with E-state index >= 15 is 0 Å². The molecule has 0 spiro atoms. The molecule has 3 nitrogen and oxygen atoms in total. The number of hydrogen-bond donors (Lipinski definition) is 1. The van der Waals surface area contributed by atoms with E-state index in [2.05, 4.69) is 12.4 Å². The van der Waals surface area contributed by atoms with E-state index in [0.29, 0.717) is 13.0 Å². The van der Waals surface area contributed by atoms with Gasteiger partial charge in [-0.25, -0.2) is 0 Å². The van der Waals surface area contributed by atoms with Crippen LogP contribution in [0.1, 0.15) is 6.42 Å². The van der Waals surface area contributed by atoms with Gasteiger partial charge in [-0.1, -0.05) is 48.5 Å². The van der Waals surface area contributed by atoms with Gasteiger partial charge in [-0.15, -0.1) is 0 Å². The highest BCUT2D eigenvalue weighted by Gasteiger charge is 2.06. The maximum absolute atomic E-state index is 11.1. The van der Waals surface area contributed by atoms with E-state index in [4.69, 9.17) is 4.74 Å². The van der Waals surface area contributed by atoms with Crippen LogP contribution in [0, 0.1) is 7.05 Å². The zero-order valence-electron chi connectivity index (χ0n) is 10.6. The molecule has 2 aromatic rings. The lowest BCUT2D eigenvalue weighted by atomic mass is 10.1. The van der Waals surface area contributed by atoms with Crippen LogP contribution in [0.15, 0.2) is 54.6 Å². The van der Waals surface area contributed by atoms with E-state index in [-0.39, 0.29) is 5.91 Å². The Hall–Kier alpha value is -2.29. The molecule has 2 aromatic carbocycles. The first-order valence-corrected chi connectivity index (χ1v) is 6.14. The maximum Gasteiger partial charge on any atom is 0.223 e. The quantitative estimate of drug-likeness (QED) is 0.890. The number of nitrogens with one attached hydrogen (secondary N) is 1. The van der Waals surface area contributed by atoms with Crippen molar-refractivity contribution >= 4 is 5.91 Å². The Morgan fingerprint density at radius 2 is 1.74 bits per heavy atom. The summed E-state index contributed by atoms with van der Waals surface area (Å²) >= 11 is 0. The molecule has 0 aliphatic heterocycles. The van der Waals surface area contributed by atoms with Gasteiger partial charge in [-0.3, -0.25) is 4.79 Å². The summed E-state index contributed by atoms with van der Waals surface area (Å²) in [5, 5.41) is 2.33. The Morgan fingerprint density at radius 1 is 1.05 bits per heavy atom. The topological polar surface area (TPSA) is 38.3 Å². The summed E-state index contributed by atoms with van der Waals surface area (Å²) in [6.45, 7) is 0.338. The van der Waals surface area contributed by atoms with Crippen molar-refractivity contribution in [3.63, 3.8) is 0 Å². The number of para-hydroxylation sites is 1. The third-order valence-corrected chi connectivity index (χ3v) is 2.76. The van der Waals surface area contributed by atoms with Gasteiger partial charge in [-0.2, -0.15) is 0 Å². The van der Waals surface area contributed by atoms with Crippen molar-refractivity contribution in [2.45, 2.75) is 6.42 Å². The van der Waals surface area contributed by atoms with Crippen molar-refractivity contribution in [2.24, 2.45) is 0 Å². The molecular weight excluding hydrogens is 238 g/mol. The molecule has 0 aromatic heterocycles.